The number of rotatable bonds is 48. The average Bonchev–Trinajstić information content (AvgIpc) is 3.24. The molecule has 0 aliphatic carbocycles. The van der Waals surface area contributed by atoms with E-state index in [-0.39, 0.29) is 17.9 Å². The molecule has 0 aliphatic heterocycles. The maximum atomic E-state index is 12.7. The van der Waals surface area contributed by atoms with E-state index in [1.165, 1.54) is 154 Å². The van der Waals surface area contributed by atoms with E-state index in [1.807, 2.05) is 0 Å². The van der Waals surface area contributed by atoms with Crippen LogP contribution >= 0.6 is 0 Å². The second-order valence-corrected chi connectivity index (χ2v) is 20.8. The quantitative estimate of drug-likeness (QED) is 0.0342. The lowest BCUT2D eigenvalue weighted by atomic mass is 9.76. The zero-order chi connectivity index (χ0) is 46.6. The molecule has 374 valence electrons. The Balaban J connectivity index is 4.03. The van der Waals surface area contributed by atoms with Crippen LogP contribution in [0.2, 0.25) is 0 Å². The Morgan fingerprint density at radius 2 is 0.730 bits per heavy atom. The molecular weight excluding hydrogens is 783 g/mol. The molecule has 7 heteroatoms. The molecule has 63 heavy (non-hydrogen) atoms. The van der Waals surface area contributed by atoms with Gasteiger partial charge in [0.05, 0.1) is 19.8 Å². The van der Waals surface area contributed by atoms with Crippen LogP contribution in [0.25, 0.3) is 0 Å². The lowest BCUT2D eigenvalue weighted by Crippen LogP contribution is -2.23. The van der Waals surface area contributed by atoms with Crippen molar-refractivity contribution in [2.75, 3.05) is 40.0 Å². The van der Waals surface area contributed by atoms with E-state index >= 15 is 0 Å². The molecule has 0 saturated carbocycles. The molecule has 0 amide bonds. The standard InChI is InChI=1S/C56H109NO6/c1-9-10-11-27-40-54(58)62-47-35-24-20-26-39-53(51(6)7)52(38-31-30-37-50(4)5)43-48-63-56(60)42-29-19-13-15-22-33-45-57(8)44-32-21-14-12-18-28-41-55(59)61-46-34-23-16-17-25-36-49(2)3/h49-53H,9-48H2,1-8H3. The van der Waals surface area contributed by atoms with E-state index in [9.17, 15) is 14.4 Å². The minimum atomic E-state index is -0.0284. The molecule has 0 aromatic rings. The molecule has 0 fully saturated rings. The number of carbonyl (C=O) groups excluding carboxylic acids is 3. The number of unbranched alkanes of at least 4 members (excludes halogenated alkanes) is 21. The van der Waals surface area contributed by atoms with Crippen LogP contribution < -0.4 is 0 Å². The van der Waals surface area contributed by atoms with Gasteiger partial charge in [-0.2, -0.15) is 0 Å². The first-order valence-electron chi connectivity index (χ1n) is 27.6. The second kappa shape index (κ2) is 45.5. The average molecular weight is 892 g/mol. The summed E-state index contributed by atoms with van der Waals surface area (Å²) >= 11 is 0. The fourth-order valence-electron chi connectivity index (χ4n) is 9.10. The second-order valence-electron chi connectivity index (χ2n) is 20.8. The molecule has 2 atom stereocenters. The third-order valence-corrected chi connectivity index (χ3v) is 13.3. The maximum Gasteiger partial charge on any atom is 0.305 e. The Morgan fingerprint density at radius 3 is 1.17 bits per heavy atom. The van der Waals surface area contributed by atoms with E-state index in [1.54, 1.807) is 0 Å². The van der Waals surface area contributed by atoms with Crippen LogP contribution in [-0.4, -0.2) is 62.8 Å². The van der Waals surface area contributed by atoms with Gasteiger partial charge in [0.2, 0.25) is 0 Å². The van der Waals surface area contributed by atoms with Gasteiger partial charge in [-0.1, -0.05) is 196 Å². The summed E-state index contributed by atoms with van der Waals surface area (Å²) in [4.78, 5) is 39.2. The van der Waals surface area contributed by atoms with Crippen LogP contribution in [0.1, 0.15) is 273 Å². The number of hydrogen-bond donors (Lipinski definition) is 0. The van der Waals surface area contributed by atoms with E-state index in [4.69, 9.17) is 14.2 Å². The number of hydrogen-bond acceptors (Lipinski definition) is 7. The molecule has 0 heterocycles. The third kappa shape index (κ3) is 44.0. The molecule has 0 aliphatic rings. The summed E-state index contributed by atoms with van der Waals surface area (Å²) in [6.45, 7) is 20.2. The lowest BCUT2D eigenvalue weighted by Gasteiger charge is -2.31. The van der Waals surface area contributed by atoms with E-state index in [2.05, 4.69) is 60.4 Å². The number of esters is 3. The summed E-state index contributed by atoms with van der Waals surface area (Å²) in [6, 6.07) is 0. The van der Waals surface area contributed by atoms with Gasteiger partial charge in [0, 0.05) is 19.3 Å². The fraction of sp³-hybridized carbons (Fsp3) is 0.946. The van der Waals surface area contributed by atoms with Gasteiger partial charge in [-0.25, -0.2) is 0 Å². The molecule has 0 aromatic carbocycles. The molecule has 0 radical (unpaired) electrons. The zero-order valence-electron chi connectivity index (χ0n) is 43.6. The monoisotopic (exact) mass is 892 g/mol. The minimum absolute atomic E-state index is 0.00894. The van der Waals surface area contributed by atoms with Crippen molar-refractivity contribution in [1.82, 2.24) is 4.90 Å². The maximum absolute atomic E-state index is 12.7. The minimum Gasteiger partial charge on any atom is -0.466 e. The lowest BCUT2D eigenvalue weighted by molar-refractivity contribution is -0.145. The van der Waals surface area contributed by atoms with Crippen LogP contribution in [0.15, 0.2) is 0 Å². The van der Waals surface area contributed by atoms with Gasteiger partial charge in [-0.15, -0.1) is 0 Å². The van der Waals surface area contributed by atoms with Gasteiger partial charge in [0.1, 0.15) is 0 Å². The number of carbonyl (C=O) groups is 3. The molecule has 0 aromatic heterocycles. The van der Waals surface area contributed by atoms with E-state index in [0.717, 1.165) is 76.0 Å². The van der Waals surface area contributed by atoms with Gasteiger partial charge in [-0.3, -0.25) is 14.4 Å². The molecule has 0 N–H and O–H groups in total. The fourth-order valence-corrected chi connectivity index (χ4v) is 9.10. The van der Waals surface area contributed by atoms with Crippen molar-refractivity contribution < 1.29 is 28.6 Å². The first-order chi connectivity index (χ1) is 30.5. The van der Waals surface area contributed by atoms with Crippen molar-refractivity contribution in [3.05, 3.63) is 0 Å². The zero-order valence-corrected chi connectivity index (χ0v) is 43.6. The smallest absolute Gasteiger partial charge is 0.305 e. The van der Waals surface area contributed by atoms with Crippen LogP contribution in [0.3, 0.4) is 0 Å². The van der Waals surface area contributed by atoms with Crippen molar-refractivity contribution in [1.29, 1.82) is 0 Å². The third-order valence-electron chi connectivity index (χ3n) is 13.3. The Hall–Kier alpha value is -1.63. The number of ether oxygens (including phenoxy) is 3. The first-order valence-corrected chi connectivity index (χ1v) is 27.6. The van der Waals surface area contributed by atoms with E-state index < -0.39 is 0 Å². The Labute approximate surface area is 392 Å². The van der Waals surface area contributed by atoms with Crippen molar-refractivity contribution in [2.24, 2.45) is 29.6 Å². The van der Waals surface area contributed by atoms with E-state index in [0.29, 0.717) is 56.8 Å². The van der Waals surface area contributed by atoms with Crippen molar-refractivity contribution in [2.45, 2.75) is 273 Å². The van der Waals surface area contributed by atoms with Gasteiger partial charge >= 0.3 is 17.9 Å². The highest BCUT2D eigenvalue weighted by molar-refractivity contribution is 5.69. The van der Waals surface area contributed by atoms with Crippen molar-refractivity contribution in [3.63, 3.8) is 0 Å². The molecule has 2 unspecified atom stereocenters. The molecule has 0 bridgehead atoms. The van der Waals surface area contributed by atoms with Crippen molar-refractivity contribution in [3.8, 4) is 0 Å². The normalized spacial score (nSPS) is 12.8. The Kier molecular flexibility index (Phi) is 44.3. The Bertz CT molecular complexity index is 1010. The molecular formula is C56H109NO6. The van der Waals surface area contributed by atoms with Crippen LogP contribution in [0.5, 0.6) is 0 Å². The van der Waals surface area contributed by atoms with Crippen LogP contribution in [0, 0.1) is 29.6 Å². The molecule has 0 saturated heterocycles. The number of nitrogens with zero attached hydrogens (tertiary/aromatic N) is 1. The topological polar surface area (TPSA) is 82.1 Å². The van der Waals surface area contributed by atoms with Gasteiger partial charge in [0.15, 0.2) is 0 Å². The highest BCUT2D eigenvalue weighted by Crippen LogP contribution is 2.33. The van der Waals surface area contributed by atoms with Gasteiger partial charge < -0.3 is 19.1 Å². The summed E-state index contributed by atoms with van der Waals surface area (Å²) in [5, 5.41) is 0. The highest BCUT2D eigenvalue weighted by Gasteiger charge is 2.24. The predicted molar refractivity (Wildman–Crippen MR) is 269 cm³/mol. The van der Waals surface area contributed by atoms with Crippen LogP contribution in [-0.2, 0) is 28.6 Å². The molecule has 7 nitrogen and oxygen atoms in total. The largest absolute Gasteiger partial charge is 0.466 e. The predicted octanol–water partition coefficient (Wildman–Crippen LogP) is 16.4. The molecule has 0 rings (SSSR count). The van der Waals surface area contributed by atoms with Gasteiger partial charge in [0.25, 0.3) is 0 Å². The van der Waals surface area contributed by atoms with Crippen LogP contribution in [0.4, 0.5) is 0 Å². The summed E-state index contributed by atoms with van der Waals surface area (Å²) in [5.74, 6) is 3.38. The van der Waals surface area contributed by atoms with Crippen molar-refractivity contribution >= 4 is 17.9 Å². The summed E-state index contributed by atoms with van der Waals surface area (Å²) in [7, 11) is 2.25. The summed E-state index contributed by atoms with van der Waals surface area (Å²) in [6.07, 6.45) is 39.4. The van der Waals surface area contributed by atoms with Gasteiger partial charge in [-0.05, 0) is 108 Å². The molecule has 0 spiro atoms. The summed E-state index contributed by atoms with van der Waals surface area (Å²) in [5.41, 5.74) is 0. The SMILES string of the molecule is CCCCCCC(=O)OCCCCCCC(C(C)C)C(CCCCC(C)C)CCOC(=O)CCCCCCCCN(C)CCCCCCCCC(=O)OCCCCCCCC(C)C. The first kappa shape index (κ1) is 61.4. The summed E-state index contributed by atoms with van der Waals surface area (Å²) < 4.78 is 16.7. The highest BCUT2D eigenvalue weighted by atomic mass is 16.5. The Morgan fingerprint density at radius 1 is 0.381 bits per heavy atom.